The van der Waals surface area contributed by atoms with Crippen LogP contribution in [0.15, 0.2) is 53.5 Å². The SMILES string of the molecule is O=C(NC(=NCCN1CCOCC1)Nc1cccc(F)c1)c1ccc(Cl)cc1. The molecule has 0 radical (unpaired) electrons. The van der Waals surface area contributed by atoms with Crippen LogP contribution in [0.5, 0.6) is 0 Å². The van der Waals surface area contributed by atoms with Crippen molar-refractivity contribution in [2.75, 3.05) is 44.7 Å². The van der Waals surface area contributed by atoms with E-state index in [-0.39, 0.29) is 17.7 Å². The number of aliphatic imine (C=N–C) groups is 1. The fraction of sp³-hybridized carbons (Fsp3) is 0.300. The average Bonchev–Trinajstić information content (AvgIpc) is 2.69. The minimum Gasteiger partial charge on any atom is -0.379 e. The number of benzene rings is 2. The van der Waals surface area contributed by atoms with Crippen LogP contribution in [0.3, 0.4) is 0 Å². The van der Waals surface area contributed by atoms with E-state index in [4.69, 9.17) is 16.3 Å². The van der Waals surface area contributed by atoms with Gasteiger partial charge in [0.05, 0.1) is 19.8 Å². The summed E-state index contributed by atoms with van der Waals surface area (Å²) in [5, 5.41) is 6.28. The molecule has 1 fully saturated rings. The first-order valence-corrected chi connectivity index (χ1v) is 9.42. The minimum atomic E-state index is -0.373. The molecule has 1 amide bonds. The average molecular weight is 405 g/mol. The Labute approximate surface area is 168 Å². The number of guanidine groups is 1. The maximum Gasteiger partial charge on any atom is 0.257 e. The third-order valence-electron chi connectivity index (χ3n) is 4.22. The monoisotopic (exact) mass is 404 g/mol. The first-order valence-electron chi connectivity index (χ1n) is 9.04. The van der Waals surface area contributed by atoms with Crippen LogP contribution in [0.4, 0.5) is 10.1 Å². The topological polar surface area (TPSA) is 66.0 Å². The van der Waals surface area contributed by atoms with Gasteiger partial charge >= 0.3 is 0 Å². The van der Waals surface area contributed by atoms with Crippen LogP contribution in [0.25, 0.3) is 0 Å². The van der Waals surface area contributed by atoms with Crippen molar-refractivity contribution in [3.05, 3.63) is 64.9 Å². The van der Waals surface area contributed by atoms with Crippen molar-refractivity contribution in [3.63, 3.8) is 0 Å². The number of amides is 1. The lowest BCUT2D eigenvalue weighted by Crippen LogP contribution is -2.39. The molecule has 2 N–H and O–H groups in total. The summed E-state index contributed by atoms with van der Waals surface area (Å²) in [5.41, 5.74) is 0.952. The van der Waals surface area contributed by atoms with Gasteiger partial charge < -0.3 is 10.1 Å². The molecule has 0 aromatic heterocycles. The molecule has 0 bridgehead atoms. The van der Waals surface area contributed by atoms with Gasteiger partial charge in [0, 0.05) is 35.9 Å². The van der Waals surface area contributed by atoms with Crippen LogP contribution in [-0.2, 0) is 4.74 Å². The number of rotatable bonds is 5. The molecule has 0 saturated carbocycles. The van der Waals surface area contributed by atoms with E-state index in [0.29, 0.717) is 36.0 Å². The Bertz CT molecular complexity index is 823. The van der Waals surface area contributed by atoms with Gasteiger partial charge in [0.1, 0.15) is 5.82 Å². The Morgan fingerprint density at radius 1 is 1.18 bits per heavy atom. The molecule has 1 aliphatic heterocycles. The summed E-state index contributed by atoms with van der Waals surface area (Å²) in [6.07, 6.45) is 0. The van der Waals surface area contributed by atoms with E-state index in [0.717, 1.165) is 19.6 Å². The zero-order chi connectivity index (χ0) is 19.8. The van der Waals surface area contributed by atoms with E-state index >= 15 is 0 Å². The summed E-state index contributed by atoms with van der Waals surface area (Å²) in [6, 6.07) is 12.5. The number of hydrogen-bond acceptors (Lipinski definition) is 4. The lowest BCUT2D eigenvalue weighted by molar-refractivity contribution is 0.0394. The van der Waals surface area contributed by atoms with Crippen LogP contribution >= 0.6 is 11.6 Å². The highest BCUT2D eigenvalue weighted by molar-refractivity contribution is 6.30. The van der Waals surface area contributed by atoms with E-state index < -0.39 is 0 Å². The molecular formula is C20H22ClFN4O2. The number of morpholine rings is 1. The van der Waals surface area contributed by atoms with Crippen LogP contribution in [-0.4, -0.2) is 56.2 Å². The van der Waals surface area contributed by atoms with Crippen molar-refractivity contribution in [2.24, 2.45) is 4.99 Å². The van der Waals surface area contributed by atoms with Gasteiger partial charge in [-0.25, -0.2) is 4.39 Å². The number of nitrogens with one attached hydrogen (secondary N) is 2. The summed E-state index contributed by atoms with van der Waals surface area (Å²) in [5.74, 6) is -0.439. The summed E-state index contributed by atoms with van der Waals surface area (Å²) >= 11 is 5.87. The summed E-state index contributed by atoms with van der Waals surface area (Å²) in [6.45, 7) is 4.38. The van der Waals surface area contributed by atoms with Crippen LogP contribution in [0, 0.1) is 5.82 Å². The molecule has 6 nitrogen and oxygen atoms in total. The van der Waals surface area contributed by atoms with Crippen molar-refractivity contribution in [2.45, 2.75) is 0 Å². The molecule has 2 aromatic rings. The fourth-order valence-electron chi connectivity index (χ4n) is 2.72. The van der Waals surface area contributed by atoms with E-state index in [1.807, 2.05) is 0 Å². The Kier molecular flexibility index (Phi) is 7.36. The number of hydrogen-bond donors (Lipinski definition) is 2. The molecule has 2 aromatic carbocycles. The number of carbonyl (C=O) groups is 1. The number of ether oxygens (including phenoxy) is 1. The Morgan fingerprint density at radius 3 is 2.64 bits per heavy atom. The maximum absolute atomic E-state index is 13.5. The Hall–Kier alpha value is -2.48. The van der Waals surface area contributed by atoms with Crippen molar-refractivity contribution >= 4 is 29.2 Å². The molecule has 1 heterocycles. The lowest BCUT2D eigenvalue weighted by Gasteiger charge is -2.25. The van der Waals surface area contributed by atoms with E-state index in [1.165, 1.54) is 12.1 Å². The summed E-state index contributed by atoms with van der Waals surface area (Å²) in [7, 11) is 0. The van der Waals surface area contributed by atoms with Gasteiger partial charge in [0.25, 0.3) is 5.91 Å². The van der Waals surface area contributed by atoms with Gasteiger partial charge in [-0.1, -0.05) is 17.7 Å². The van der Waals surface area contributed by atoms with Gasteiger partial charge in [-0.15, -0.1) is 0 Å². The van der Waals surface area contributed by atoms with E-state index in [2.05, 4.69) is 20.5 Å². The first kappa shape index (κ1) is 20.3. The molecule has 148 valence electrons. The van der Waals surface area contributed by atoms with Crippen LogP contribution < -0.4 is 10.6 Å². The van der Waals surface area contributed by atoms with Crippen molar-refractivity contribution in [1.82, 2.24) is 10.2 Å². The van der Waals surface area contributed by atoms with Crippen molar-refractivity contribution in [3.8, 4) is 0 Å². The number of nitrogens with zero attached hydrogens (tertiary/aromatic N) is 2. The van der Waals surface area contributed by atoms with Crippen LogP contribution in [0.1, 0.15) is 10.4 Å². The second-order valence-electron chi connectivity index (χ2n) is 6.28. The van der Waals surface area contributed by atoms with Gasteiger partial charge in [-0.2, -0.15) is 0 Å². The second-order valence-corrected chi connectivity index (χ2v) is 6.72. The molecule has 0 unspecified atom stereocenters. The maximum atomic E-state index is 13.5. The number of anilines is 1. The highest BCUT2D eigenvalue weighted by Crippen LogP contribution is 2.11. The molecule has 0 atom stereocenters. The van der Waals surface area contributed by atoms with Gasteiger partial charge in [0.15, 0.2) is 0 Å². The van der Waals surface area contributed by atoms with Crippen LogP contribution in [0.2, 0.25) is 5.02 Å². The largest absolute Gasteiger partial charge is 0.379 e. The molecule has 0 aliphatic carbocycles. The number of carbonyl (C=O) groups excluding carboxylic acids is 1. The van der Waals surface area contributed by atoms with E-state index in [9.17, 15) is 9.18 Å². The zero-order valence-corrected chi connectivity index (χ0v) is 16.1. The van der Waals surface area contributed by atoms with Crippen molar-refractivity contribution < 1.29 is 13.9 Å². The molecule has 28 heavy (non-hydrogen) atoms. The predicted molar refractivity (Wildman–Crippen MR) is 109 cm³/mol. The zero-order valence-electron chi connectivity index (χ0n) is 15.3. The highest BCUT2D eigenvalue weighted by Gasteiger charge is 2.12. The molecule has 3 rings (SSSR count). The normalized spacial score (nSPS) is 15.3. The molecule has 1 saturated heterocycles. The predicted octanol–water partition coefficient (Wildman–Crippen LogP) is 3.01. The third-order valence-corrected chi connectivity index (χ3v) is 4.47. The Morgan fingerprint density at radius 2 is 1.93 bits per heavy atom. The second kappa shape index (κ2) is 10.2. The van der Waals surface area contributed by atoms with E-state index in [1.54, 1.807) is 36.4 Å². The quantitative estimate of drug-likeness (QED) is 0.594. The summed E-state index contributed by atoms with van der Waals surface area (Å²) in [4.78, 5) is 19.2. The van der Waals surface area contributed by atoms with Gasteiger partial charge in [-0.3, -0.25) is 20.0 Å². The number of halogens is 2. The third kappa shape index (κ3) is 6.30. The standard InChI is InChI=1S/C20H22ClFN4O2/c21-16-6-4-15(5-7-16)19(27)25-20(24-18-3-1-2-17(22)14-18)23-8-9-26-10-12-28-13-11-26/h1-7,14H,8-13H2,(H2,23,24,25,27). The summed E-state index contributed by atoms with van der Waals surface area (Å²) < 4.78 is 18.8. The van der Waals surface area contributed by atoms with Gasteiger partial charge in [0.2, 0.25) is 5.96 Å². The van der Waals surface area contributed by atoms with Gasteiger partial charge in [-0.05, 0) is 42.5 Å². The molecular weight excluding hydrogens is 383 g/mol. The Balaban J connectivity index is 1.68. The highest BCUT2D eigenvalue weighted by atomic mass is 35.5. The molecule has 0 spiro atoms. The minimum absolute atomic E-state index is 0.263. The first-order chi connectivity index (χ1) is 13.6. The fourth-order valence-corrected chi connectivity index (χ4v) is 2.85. The molecule has 1 aliphatic rings. The van der Waals surface area contributed by atoms with Crippen molar-refractivity contribution in [1.29, 1.82) is 0 Å². The lowest BCUT2D eigenvalue weighted by atomic mass is 10.2. The molecule has 8 heteroatoms. The smallest absolute Gasteiger partial charge is 0.257 e.